The smallest absolute Gasteiger partial charge is 0.187 e. The first-order valence-corrected chi connectivity index (χ1v) is 20.4. The summed E-state index contributed by atoms with van der Waals surface area (Å²) in [6.07, 6.45) is -7.55. The molecule has 8 N–H and O–H groups in total. The first-order chi connectivity index (χ1) is 25.1. The Hall–Kier alpha value is -1.00. The minimum Gasteiger partial charge on any atom is -0.394 e. The van der Waals surface area contributed by atoms with Gasteiger partial charge in [-0.15, -0.1) is 0 Å². The zero-order valence-corrected chi connectivity index (χ0v) is 33.7. The number of aliphatic hydroxyl groups excluding tert-OH is 8. The van der Waals surface area contributed by atoms with E-state index in [0.29, 0.717) is 19.3 Å². The Morgan fingerprint density at radius 2 is 1.50 bits per heavy atom. The maximum atomic E-state index is 12.2. The first-order valence-electron chi connectivity index (χ1n) is 20.4. The van der Waals surface area contributed by atoms with Crippen LogP contribution in [-0.2, 0) is 18.9 Å². The highest BCUT2D eigenvalue weighted by Gasteiger charge is 2.73. The lowest BCUT2D eigenvalue weighted by Crippen LogP contribution is -2.71. The third-order valence-corrected chi connectivity index (χ3v) is 16.0. The Morgan fingerprint density at radius 1 is 0.815 bits per heavy atom. The van der Waals surface area contributed by atoms with Gasteiger partial charge in [0.05, 0.1) is 31.0 Å². The van der Waals surface area contributed by atoms with E-state index in [1.165, 1.54) is 18.1 Å². The minimum atomic E-state index is -1.68. The van der Waals surface area contributed by atoms with Crippen LogP contribution in [0.25, 0.3) is 0 Å². The molecule has 0 bridgehead atoms. The molecule has 6 fully saturated rings. The van der Waals surface area contributed by atoms with E-state index in [0.717, 1.165) is 32.1 Å². The maximum absolute atomic E-state index is 12.2. The van der Waals surface area contributed by atoms with Gasteiger partial charge in [-0.2, -0.15) is 0 Å². The van der Waals surface area contributed by atoms with Crippen molar-refractivity contribution < 1.29 is 59.8 Å². The van der Waals surface area contributed by atoms with Gasteiger partial charge in [0.25, 0.3) is 0 Å². The van der Waals surface area contributed by atoms with Gasteiger partial charge in [-0.1, -0.05) is 58.4 Å². The molecule has 0 amide bonds. The summed E-state index contributed by atoms with van der Waals surface area (Å²) in [6.45, 7) is 20.8. The molecule has 2 aliphatic heterocycles. The van der Waals surface area contributed by atoms with Crippen molar-refractivity contribution in [3.63, 3.8) is 0 Å². The molecule has 54 heavy (non-hydrogen) atoms. The molecule has 0 aromatic heterocycles. The summed E-state index contributed by atoms with van der Waals surface area (Å²) in [5.41, 5.74) is 0.837. The second-order valence-electron chi connectivity index (χ2n) is 19.6. The van der Waals surface area contributed by atoms with Crippen molar-refractivity contribution >= 4 is 0 Å². The lowest BCUT2D eigenvalue weighted by atomic mass is 9.34. The summed E-state index contributed by atoms with van der Waals surface area (Å²) >= 11 is 0. The van der Waals surface area contributed by atoms with Crippen molar-refractivity contribution in [3.05, 3.63) is 23.8 Å². The Kier molecular flexibility index (Phi) is 12.1. The Labute approximate surface area is 321 Å². The second-order valence-corrected chi connectivity index (χ2v) is 19.6. The Bertz CT molecular complexity index is 1380. The van der Waals surface area contributed by atoms with Crippen molar-refractivity contribution in [2.75, 3.05) is 6.61 Å². The lowest BCUT2D eigenvalue weighted by Gasteiger charge is -2.72. The van der Waals surface area contributed by atoms with Gasteiger partial charge in [0, 0.05) is 0 Å². The van der Waals surface area contributed by atoms with Crippen LogP contribution < -0.4 is 0 Å². The molecule has 4 aliphatic carbocycles. The molecule has 2 heterocycles. The van der Waals surface area contributed by atoms with E-state index in [1.54, 1.807) is 0 Å². The highest BCUT2D eigenvalue weighted by Crippen LogP contribution is 2.76. The standard InChI is InChI=1S/C42H70O12/c1-20(2)11-10-12-21(3)23-13-16-41(8)29(23)24(44)17-27-40(7)15-14-28(45)39(5,6)36(40)25(18-42(27,41)9)52-38-35(33(49)31(47)26(19-43)53-38)54-37-34(50)32(48)30(46)22(4)51-37/h11,22-38,43-50H,3,10,12-19H2,1-2,4-9H3/t22?,23-,24-,25+,26?,27-,28+,29+,30?,31?,32?,33?,34?,35?,36+,37?,38?,40-,41-,42-/m1/s1. The molecule has 12 heteroatoms. The number of ether oxygens (including phenoxy) is 4. The van der Waals surface area contributed by atoms with Gasteiger partial charge in [-0.05, 0) is 117 Å². The quantitative estimate of drug-likeness (QED) is 0.126. The zero-order chi connectivity index (χ0) is 39.9. The topological polar surface area (TPSA) is 199 Å². The van der Waals surface area contributed by atoms with E-state index in [1.807, 2.05) is 0 Å². The van der Waals surface area contributed by atoms with Crippen LogP contribution in [0.1, 0.15) is 107 Å². The fraction of sp³-hybridized carbons (Fsp3) is 0.905. The van der Waals surface area contributed by atoms with Crippen LogP contribution >= 0.6 is 0 Å². The highest BCUT2D eigenvalue weighted by atomic mass is 16.8. The Morgan fingerprint density at radius 3 is 2.15 bits per heavy atom. The van der Waals surface area contributed by atoms with Crippen LogP contribution in [-0.4, -0.2) is 127 Å². The molecule has 6 rings (SSSR count). The predicted octanol–water partition coefficient (Wildman–Crippen LogP) is 2.95. The molecule has 10 unspecified atom stereocenters. The number of aliphatic hydroxyl groups is 8. The zero-order valence-electron chi connectivity index (χ0n) is 33.7. The fourth-order valence-corrected chi connectivity index (χ4v) is 13.0. The van der Waals surface area contributed by atoms with Crippen LogP contribution in [0.2, 0.25) is 0 Å². The van der Waals surface area contributed by atoms with Crippen molar-refractivity contribution in [2.24, 2.45) is 45.3 Å². The number of hydrogen-bond donors (Lipinski definition) is 8. The van der Waals surface area contributed by atoms with Crippen molar-refractivity contribution in [1.29, 1.82) is 0 Å². The number of fused-ring (bicyclic) bond motifs is 5. The number of hydrogen-bond acceptors (Lipinski definition) is 12. The van der Waals surface area contributed by atoms with Gasteiger partial charge in [0.1, 0.15) is 42.7 Å². The van der Waals surface area contributed by atoms with E-state index in [-0.39, 0.29) is 39.9 Å². The van der Waals surface area contributed by atoms with Gasteiger partial charge in [0.15, 0.2) is 12.6 Å². The fourth-order valence-electron chi connectivity index (χ4n) is 13.0. The van der Waals surface area contributed by atoms with Gasteiger partial charge >= 0.3 is 0 Å². The van der Waals surface area contributed by atoms with Crippen LogP contribution in [0.4, 0.5) is 0 Å². The first kappa shape index (κ1) is 42.6. The molecule has 2 saturated heterocycles. The predicted molar refractivity (Wildman–Crippen MR) is 199 cm³/mol. The third kappa shape index (κ3) is 6.79. The monoisotopic (exact) mass is 766 g/mol. The van der Waals surface area contributed by atoms with E-state index in [9.17, 15) is 40.9 Å². The molecular weight excluding hydrogens is 696 g/mol. The Balaban J connectivity index is 1.37. The normalized spacial score (nSPS) is 52.9. The van der Waals surface area contributed by atoms with Crippen molar-refractivity contribution in [1.82, 2.24) is 0 Å². The third-order valence-electron chi connectivity index (χ3n) is 16.0. The SMILES string of the molecule is C=C(CCC=C(C)C)[C@H]1CC[C@]2(C)[C@@H]1[C@H](O)C[C@@H]1[C@@]3(C)CC[C@H](O)C(C)(C)[C@@H]3[C@@H](OC3OC(CO)C(O)C(O)C3OC3OC(C)C(O)C(O)C3O)C[C@]12C. The molecule has 6 aliphatic rings. The summed E-state index contributed by atoms with van der Waals surface area (Å²) < 4.78 is 25.2. The van der Waals surface area contributed by atoms with Crippen LogP contribution in [0.5, 0.6) is 0 Å². The van der Waals surface area contributed by atoms with Crippen molar-refractivity contribution in [2.45, 2.75) is 186 Å². The summed E-state index contributed by atoms with van der Waals surface area (Å²) in [7, 11) is 0. The summed E-state index contributed by atoms with van der Waals surface area (Å²) in [5.74, 6) is 0.0623. The molecule has 310 valence electrons. The summed E-state index contributed by atoms with van der Waals surface area (Å²) in [6, 6.07) is 0. The van der Waals surface area contributed by atoms with E-state index in [2.05, 4.69) is 61.1 Å². The molecule has 12 nitrogen and oxygen atoms in total. The lowest BCUT2D eigenvalue weighted by molar-refractivity contribution is -0.381. The summed E-state index contributed by atoms with van der Waals surface area (Å²) in [4.78, 5) is 0. The van der Waals surface area contributed by atoms with Crippen LogP contribution in [0.15, 0.2) is 23.8 Å². The molecule has 0 aromatic carbocycles. The van der Waals surface area contributed by atoms with E-state index < -0.39 is 91.7 Å². The number of rotatable bonds is 9. The van der Waals surface area contributed by atoms with E-state index >= 15 is 0 Å². The number of allylic oxidation sites excluding steroid dienone is 3. The average molecular weight is 767 g/mol. The molecule has 0 radical (unpaired) electrons. The van der Waals surface area contributed by atoms with Crippen molar-refractivity contribution in [3.8, 4) is 0 Å². The minimum absolute atomic E-state index is 0.00685. The summed E-state index contributed by atoms with van der Waals surface area (Å²) in [5, 5.41) is 88.2. The van der Waals surface area contributed by atoms with Gasteiger partial charge < -0.3 is 59.8 Å². The molecule has 0 spiro atoms. The average Bonchev–Trinajstić information content (AvgIpc) is 3.48. The maximum Gasteiger partial charge on any atom is 0.187 e. The van der Waals surface area contributed by atoms with Crippen LogP contribution in [0.3, 0.4) is 0 Å². The van der Waals surface area contributed by atoms with Crippen LogP contribution in [0, 0.1) is 45.3 Å². The second kappa shape index (κ2) is 15.3. The van der Waals surface area contributed by atoms with Gasteiger partial charge in [-0.25, -0.2) is 0 Å². The van der Waals surface area contributed by atoms with E-state index in [4.69, 9.17) is 18.9 Å². The molecule has 0 aromatic rings. The highest BCUT2D eigenvalue weighted by molar-refractivity contribution is 5.24. The molecule has 4 saturated carbocycles. The van der Waals surface area contributed by atoms with Gasteiger partial charge in [-0.3, -0.25) is 0 Å². The molecular formula is C42H70O12. The van der Waals surface area contributed by atoms with Gasteiger partial charge in [0.2, 0.25) is 0 Å². The largest absolute Gasteiger partial charge is 0.394 e. The molecule has 20 atom stereocenters.